The van der Waals surface area contributed by atoms with Gasteiger partial charge in [-0.2, -0.15) is 0 Å². The molecule has 1 unspecified atom stereocenters. The third kappa shape index (κ3) is 4.25. The molecule has 0 aliphatic carbocycles. The van der Waals surface area contributed by atoms with Crippen molar-refractivity contribution in [2.75, 3.05) is 25.1 Å². The van der Waals surface area contributed by atoms with Gasteiger partial charge in [0.25, 0.3) is 0 Å². The summed E-state index contributed by atoms with van der Waals surface area (Å²) in [6, 6.07) is 21.3. The second-order valence-electron chi connectivity index (χ2n) is 8.28. The molecule has 5 nitrogen and oxygen atoms in total. The monoisotopic (exact) mass is 412 g/mol. The van der Waals surface area contributed by atoms with Crippen LogP contribution in [-0.4, -0.2) is 34.2 Å². The number of nitrogens with zero attached hydrogens (tertiary/aromatic N) is 3. The first kappa shape index (κ1) is 19.6. The standard InChI is InChI=1S/C26H28N4O/c1-2-16-29-17-13-20(14-18-29)24-12-15-27-30-19-25(28-26(24)30)21-8-10-23(11-9-21)31-22-6-4-3-5-7-22/h3-11,19-20,24,27H,12-15,17-18H2,1H3. The van der Waals surface area contributed by atoms with Crippen molar-refractivity contribution in [2.45, 2.75) is 32.1 Å². The summed E-state index contributed by atoms with van der Waals surface area (Å²) in [5.74, 6) is 7.05. The van der Waals surface area contributed by atoms with E-state index < -0.39 is 0 Å². The van der Waals surface area contributed by atoms with Gasteiger partial charge in [0.05, 0.1) is 11.9 Å². The van der Waals surface area contributed by atoms with E-state index in [1.54, 1.807) is 0 Å². The molecule has 3 heterocycles. The number of hydrogen-bond donors (Lipinski definition) is 1. The molecule has 0 spiro atoms. The number of aromatic nitrogens is 2. The van der Waals surface area contributed by atoms with Gasteiger partial charge in [0, 0.05) is 37.2 Å². The third-order valence-corrected chi connectivity index (χ3v) is 6.31. The zero-order valence-corrected chi connectivity index (χ0v) is 17.9. The Hall–Kier alpha value is -3.39. The highest BCUT2D eigenvalue weighted by atomic mass is 16.5. The molecule has 1 atom stereocenters. The topological polar surface area (TPSA) is 42.3 Å². The lowest BCUT2D eigenvalue weighted by atomic mass is 9.81. The van der Waals surface area contributed by atoms with Gasteiger partial charge in [-0.25, -0.2) is 4.98 Å². The minimum atomic E-state index is 0.507. The molecule has 2 aliphatic heterocycles. The zero-order chi connectivity index (χ0) is 21.0. The number of ether oxygens (including phenoxy) is 1. The summed E-state index contributed by atoms with van der Waals surface area (Å²) >= 11 is 0. The molecule has 2 aromatic carbocycles. The average Bonchev–Trinajstić information content (AvgIpc) is 3.26. The van der Waals surface area contributed by atoms with Crippen LogP contribution in [0.4, 0.5) is 0 Å². The lowest BCUT2D eigenvalue weighted by Crippen LogP contribution is -2.37. The molecule has 0 saturated carbocycles. The third-order valence-electron chi connectivity index (χ3n) is 6.31. The number of piperidine rings is 1. The van der Waals surface area contributed by atoms with E-state index >= 15 is 0 Å². The van der Waals surface area contributed by atoms with Crippen LogP contribution in [0, 0.1) is 17.9 Å². The molecule has 1 fully saturated rings. The lowest BCUT2D eigenvalue weighted by molar-refractivity contribution is 0.213. The molecule has 0 bridgehead atoms. The first-order valence-electron chi connectivity index (χ1n) is 11.1. The fourth-order valence-corrected chi connectivity index (χ4v) is 4.73. The lowest BCUT2D eigenvalue weighted by Gasteiger charge is -2.36. The minimum Gasteiger partial charge on any atom is -0.457 e. The van der Waals surface area contributed by atoms with E-state index in [0.29, 0.717) is 11.8 Å². The van der Waals surface area contributed by atoms with E-state index in [2.05, 4.69) is 45.3 Å². The van der Waals surface area contributed by atoms with Crippen LogP contribution in [0.3, 0.4) is 0 Å². The summed E-state index contributed by atoms with van der Waals surface area (Å²) in [7, 11) is 0. The fourth-order valence-electron chi connectivity index (χ4n) is 4.73. The SMILES string of the molecule is CC#CN1CCC(C2CCNn3cc(-c4ccc(Oc5ccccc5)cc4)nc32)CC1. The molecular weight excluding hydrogens is 384 g/mol. The van der Waals surface area contributed by atoms with Crippen molar-refractivity contribution in [3.8, 4) is 34.7 Å². The van der Waals surface area contributed by atoms with Crippen molar-refractivity contribution in [1.29, 1.82) is 0 Å². The molecule has 5 heteroatoms. The van der Waals surface area contributed by atoms with E-state index in [9.17, 15) is 0 Å². The van der Waals surface area contributed by atoms with Gasteiger partial charge in [-0.1, -0.05) is 24.1 Å². The predicted molar refractivity (Wildman–Crippen MR) is 124 cm³/mol. The molecule has 0 amide bonds. The van der Waals surface area contributed by atoms with Crippen LogP contribution in [0.5, 0.6) is 11.5 Å². The molecular formula is C26H28N4O. The Bertz CT molecular complexity index is 1070. The fraction of sp³-hybridized carbons (Fsp3) is 0.346. The van der Waals surface area contributed by atoms with Gasteiger partial charge in [0.15, 0.2) is 0 Å². The number of rotatable bonds is 4. The normalized spacial score (nSPS) is 18.5. The highest BCUT2D eigenvalue weighted by Crippen LogP contribution is 2.37. The molecule has 158 valence electrons. The Kier molecular flexibility index (Phi) is 5.54. The summed E-state index contributed by atoms with van der Waals surface area (Å²) in [6.07, 6.45) is 5.65. The van der Waals surface area contributed by atoms with Crippen LogP contribution < -0.4 is 10.2 Å². The Morgan fingerprint density at radius 3 is 2.45 bits per heavy atom. The van der Waals surface area contributed by atoms with Crippen molar-refractivity contribution in [1.82, 2.24) is 14.6 Å². The first-order chi connectivity index (χ1) is 15.3. The molecule has 5 rings (SSSR count). The Morgan fingerprint density at radius 1 is 0.968 bits per heavy atom. The molecule has 3 aromatic rings. The molecule has 0 radical (unpaired) electrons. The summed E-state index contributed by atoms with van der Waals surface area (Å²) in [5.41, 5.74) is 5.61. The minimum absolute atomic E-state index is 0.507. The van der Waals surface area contributed by atoms with Crippen LogP contribution in [0.15, 0.2) is 60.8 Å². The van der Waals surface area contributed by atoms with E-state index in [0.717, 1.165) is 48.8 Å². The Morgan fingerprint density at radius 2 is 1.71 bits per heavy atom. The van der Waals surface area contributed by atoms with Gasteiger partial charge < -0.3 is 15.1 Å². The van der Waals surface area contributed by atoms with E-state index in [1.165, 1.54) is 18.7 Å². The Balaban J connectivity index is 1.31. The van der Waals surface area contributed by atoms with E-state index in [-0.39, 0.29) is 0 Å². The number of hydrogen-bond acceptors (Lipinski definition) is 4. The van der Waals surface area contributed by atoms with Gasteiger partial charge >= 0.3 is 0 Å². The Labute approximate surface area is 184 Å². The summed E-state index contributed by atoms with van der Waals surface area (Å²) < 4.78 is 8.07. The van der Waals surface area contributed by atoms with Crippen molar-refractivity contribution >= 4 is 0 Å². The van der Waals surface area contributed by atoms with Crippen LogP contribution in [0.2, 0.25) is 0 Å². The molecule has 1 saturated heterocycles. The molecule has 1 aromatic heterocycles. The highest BCUT2D eigenvalue weighted by Gasteiger charge is 2.32. The highest BCUT2D eigenvalue weighted by molar-refractivity contribution is 5.60. The van der Waals surface area contributed by atoms with Crippen LogP contribution >= 0.6 is 0 Å². The quantitative estimate of drug-likeness (QED) is 0.608. The van der Waals surface area contributed by atoms with Crippen molar-refractivity contribution in [3.05, 3.63) is 66.6 Å². The summed E-state index contributed by atoms with van der Waals surface area (Å²) in [6.45, 7) is 5.03. The largest absolute Gasteiger partial charge is 0.457 e. The van der Waals surface area contributed by atoms with Gasteiger partial charge in [-0.3, -0.25) is 4.68 Å². The van der Waals surface area contributed by atoms with Crippen molar-refractivity contribution < 1.29 is 4.74 Å². The second kappa shape index (κ2) is 8.77. The maximum atomic E-state index is 5.92. The van der Waals surface area contributed by atoms with E-state index in [4.69, 9.17) is 9.72 Å². The number of fused-ring (bicyclic) bond motifs is 1. The number of imidazole rings is 1. The predicted octanol–water partition coefficient (Wildman–Crippen LogP) is 5.07. The van der Waals surface area contributed by atoms with Crippen molar-refractivity contribution in [3.63, 3.8) is 0 Å². The van der Waals surface area contributed by atoms with Gasteiger partial charge in [-0.15, -0.1) is 0 Å². The average molecular weight is 413 g/mol. The molecule has 31 heavy (non-hydrogen) atoms. The van der Waals surface area contributed by atoms with E-state index in [1.807, 2.05) is 49.4 Å². The van der Waals surface area contributed by atoms with Crippen LogP contribution in [-0.2, 0) is 0 Å². The van der Waals surface area contributed by atoms with Crippen LogP contribution in [0.25, 0.3) is 11.3 Å². The van der Waals surface area contributed by atoms with Crippen molar-refractivity contribution in [2.24, 2.45) is 5.92 Å². The molecule has 2 aliphatic rings. The number of nitrogens with one attached hydrogen (secondary N) is 1. The number of para-hydroxylation sites is 1. The van der Waals surface area contributed by atoms with Gasteiger partial charge in [0.1, 0.15) is 17.3 Å². The number of benzene rings is 2. The maximum Gasteiger partial charge on any atom is 0.131 e. The second-order valence-corrected chi connectivity index (χ2v) is 8.28. The maximum absolute atomic E-state index is 5.92. The summed E-state index contributed by atoms with van der Waals surface area (Å²) in [4.78, 5) is 7.32. The zero-order valence-electron chi connectivity index (χ0n) is 17.9. The molecule has 1 N–H and O–H groups in total. The first-order valence-corrected chi connectivity index (χ1v) is 11.1. The van der Waals surface area contributed by atoms with Gasteiger partial charge in [0.2, 0.25) is 0 Å². The number of likely N-dealkylation sites (tertiary alicyclic amines) is 1. The smallest absolute Gasteiger partial charge is 0.131 e. The summed E-state index contributed by atoms with van der Waals surface area (Å²) in [5, 5.41) is 0. The van der Waals surface area contributed by atoms with Gasteiger partial charge in [-0.05, 0) is 68.5 Å². The van der Waals surface area contributed by atoms with Crippen LogP contribution in [0.1, 0.15) is 37.9 Å².